The van der Waals surface area contributed by atoms with Crippen LogP contribution < -0.4 is 11.1 Å². The lowest BCUT2D eigenvalue weighted by Crippen LogP contribution is -2.57. The van der Waals surface area contributed by atoms with E-state index in [0.717, 1.165) is 31.4 Å². The van der Waals surface area contributed by atoms with Crippen LogP contribution in [0.4, 0.5) is 0 Å². The number of carbonyl (C=O) groups is 1. The normalized spacial score (nSPS) is 18.8. The van der Waals surface area contributed by atoms with Gasteiger partial charge in [0.1, 0.15) is 5.54 Å². The summed E-state index contributed by atoms with van der Waals surface area (Å²) in [4.78, 5) is 16.6. The molecule has 1 aromatic heterocycles. The van der Waals surface area contributed by atoms with Crippen molar-refractivity contribution in [3.05, 3.63) is 29.6 Å². The molecule has 1 aliphatic carbocycles. The summed E-state index contributed by atoms with van der Waals surface area (Å²) in [5.41, 5.74) is 6.45. The maximum atomic E-state index is 12.5. The fraction of sp³-hybridized carbons (Fsp3) is 0.533. The first-order chi connectivity index (χ1) is 10.1. The van der Waals surface area contributed by atoms with Gasteiger partial charge < -0.3 is 16.3 Å². The van der Waals surface area contributed by atoms with E-state index in [9.17, 15) is 4.79 Å². The Morgan fingerprint density at radius 3 is 2.62 bits per heavy atom. The van der Waals surface area contributed by atoms with Gasteiger partial charge in [-0.2, -0.15) is 0 Å². The lowest BCUT2D eigenvalue weighted by Gasteiger charge is -2.32. The topological polar surface area (TPSA) is 101 Å². The van der Waals surface area contributed by atoms with Gasteiger partial charge in [-0.1, -0.05) is 30.8 Å². The quantitative estimate of drug-likeness (QED) is 0.260. The van der Waals surface area contributed by atoms with Crippen LogP contribution in [0.25, 0.3) is 0 Å². The van der Waals surface area contributed by atoms with Crippen molar-refractivity contribution < 1.29 is 10.0 Å². The van der Waals surface area contributed by atoms with Crippen molar-refractivity contribution in [3.8, 4) is 0 Å². The molecule has 0 aliphatic heterocycles. The monoisotopic (exact) mass is 290 g/mol. The van der Waals surface area contributed by atoms with E-state index in [0.29, 0.717) is 18.4 Å². The minimum absolute atomic E-state index is 0.0866. The number of nitrogens with two attached hydrogens (primary N) is 1. The van der Waals surface area contributed by atoms with E-state index >= 15 is 0 Å². The number of pyridine rings is 1. The first-order valence-corrected chi connectivity index (χ1v) is 7.30. The van der Waals surface area contributed by atoms with Crippen LogP contribution in [0.2, 0.25) is 0 Å². The highest BCUT2D eigenvalue weighted by Gasteiger charge is 2.37. The molecular weight excluding hydrogens is 268 g/mol. The van der Waals surface area contributed by atoms with Gasteiger partial charge in [0.2, 0.25) is 0 Å². The number of nitrogens with zero attached hydrogens (tertiary/aromatic N) is 2. The maximum absolute atomic E-state index is 12.5. The third-order valence-electron chi connectivity index (χ3n) is 4.07. The summed E-state index contributed by atoms with van der Waals surface area (Å²) in [7, 11) is 0. The summed E-state index contributed by atoms with van der Waals surface area (Å²) in [6.07, 6.45) is 7.10. The van der Waals surface area contributed by atoms with E-state index in [1.807, 2.05) is 6.92 Å². The first-order valence-electron chi connectivity index (χ1n) is 7.30. The molecule has 1 aliphatic rings. The van der Waals surface area contributed by atoms with Gasteiger partial charge in [-0.3, -0.25) is 9.78 Å². The predicted molar refractivity (Wildman–Crippen MR) is 80.3 cm³/mol. The molecule has 1 heterocycles. The summed E-state index contributed by atoms with van der Waals surface area (Å²) < 4.78 is 0. The number of hydrogen-bond acceptors (Lipinski definition) is 4. The Balaban J connectivity index is 2.24. The van der Waals surface area contributed by atoms with Gasteiger partial charge in [0.15, 0.2) is 5.84 Å². The van der Waals surface area contributed by atoms with Crippen molar-refractivity contribution in [2.45, 2.75) is 51.0 Å². The largest absolute Gasteiger partial charge is 0.409 e. The Kier molecular flexibility index (Phi) is 4.77. The maximum Gasteiger partial charge on any atom is 0.252 e. The Hall–Kier alpha value is -2.11. The number of aryl methyl sites for hydroxylation is 1. The summed E-state index contributed by atoms with van der Waals surface area (Å²) in [6.45, 7) is 1.84. The number of amides is 1. The van der Waals surface area contributed by atoms with Gasteiger partial charge in [0, 0.05) is 17.5 Å². The van der Waals surface area contributed by atoms with Crippen molar-refractivity contribution in [2.24, 2.45) is 10.9 Å². The highest BCUT2D eigenvalue weighted by atomic mass is 16.4. The molecular formula is C15H22N4O2. The second kappa shape index (κ2) is 6.56. The van der Waals surface area contributed by atoms with Crippen LogP contribution in [0.15, 0.2) is 23.5 Å². The molecule has 1 saturated carbocycles. The number of rotatable bonds is 3. The van der Waals surface area contributed by atoms with Crippen LogP contribution >= 0.6 is 0 Å². The molecule has 1 fully saturated rings. The van der Waals surface area contributed by atoms with Gasteiger partial charge >= 0.3 is 0 Å². The number of amidine groups is 1. The molecule has 21 heavy (non-hydrogen) atoms. The highest BCUT2D eigenvalue weighted by Crippen LogP contribution is 2.28. The average Bonchev–Trinajstić information content (AvgIpc) is 2.73. The van der Waals surface area contributed by atoms with Gasteiger partial charge in [-0.15, -0.1) is 0 Å². The summed E-state index contributed by atoms with van der Waals surface area (Å²) in [5, 5.41) is 15.2. The smallest absolute Gasteiger partial charge is 0.252 e. The number of oxime groups is 1. The lowest BCUT2D eigenvalue weighted by atomic mass is 9.88. The molecule has 0 aromatic carbocycles. The molecule has 0 bridgehead atoms. The SMILES string of the molecule is Cc1cc(C(=O)NC2(/C(N)=N/O)CCCCCC2)ccn1. The fourth-order valence-corrected chi connectivity index (χ4v) is 2.85. The number of aromatic nitrogens is 1. The van der Waals surface area contributed by atoms with Crippen molar-refractivity contribution in [3.63, 3.8) is 0 Å². The van der Waals surface area contributed by atoms with Crippen LogP contribution in [0.1, 0.15) is 54.6 Å². The van der Waals surface area contributed by atoms with Gasteiger partial charge in [-0.05, 0) is 31.9 Å². The van der Waals surface area contributed by atoms with E-state index in [1.165, 1.54) is 0 Å². The zero-order chi connectivity index (χ0) is 15.3. The minimum Gasteiger partial charge on any atom is -0.409 e. The van der Waals surface area contributed by atoms with Gasteiger partial charge in [0.05, 0.1) is 0 Å². The second-order valence-corrected chi connectivity index (χ2v) is 5.62. The number of carbonyl (C=O) groups excluding carboxylic acids is 1. The van der Waals surface area contributed by atoms with E-state index in [4.69, 9.17) is 10.9 Å². The standard InChI is InChI=1S/C15H22N4O2/c1-11-10-12(6-9-17-11)13(20)18-15(14(16)19-21)7-4-2-3-5-8-15/h6,9-10,21H,2-5,7-8H2,1H3,(H2,16,19)(H,18,20). The van der Waals surface area contributed by atoms with Gasteiger partial charge in [0.25, 0.3) is 5.91 Å². The molecule has 0 spiro atoms. The molecule has 0 radical (unpaired) electrons. The molecule has 114 valence electrons. The molecule has 6 nitrogen and oxygen atoms in total. The summed E-state index contributed by atoms with van der Waals surface area (Å²) in [5.74, 6) is -0.127. The Bertz CT molecular complexity index is 534. The van der Waals surface area contributed by atoms with Gasteiger partial charge in [-0.25, -0.2) is 0 Å². The van der Waals surface area contributed by atoms with Crippen LogP contribution in [0.5, 0.6) is 0 Å². The Labute approximate surface area is 124 Å². The molecule has 0 atom stereocenters. The van der Waals surface area contributed by atoms with Crippen LogP contribution in [-0.4, -0.2) is 27.5 Å². The number of hydrogen-bond donors (Lipinski definition) is 3. The first kappa shape index (κ1) is 15.3. The van der Waals surface area contributed by atoms with E-state index in [2.05, 4.69) is 15.5 Å². The molecule has 2 rings (SSSR count). The van der Waals surface area contributed by atoms with E-state index in [-0.39, 0.29) is 11.7 Å². The van der Waals surface area contributed by atoms with Crippen molar-refractivity contribution in [1.29, 1.82) is 0 Å². The van der Waals surface area contributed by atoms with E-state index < -0.39 is 5.54 Å². The number of nitrogens with one attached hydrogen (secondary N) is 1. The van der Waals surface area contributed by atoms with Crippen LogP contribution in [0, 0.1) is 6.92 Å². The highest BCUT2D eigenvalue weighted by molar-refractivity contribution is 6.00. The molecule has 1 aromatic rings. The molecule has 6 heteroatoms. The van der Waals surface area contributed by atoms with Crippen molar-refractivity contribution >= 4 is 11.7 Å². The average molecular weight is 290 g/mol. The van der Waals surface area contributed by atoms with Crippen molar-refractivity contribution in [2.75, 3.05) is 0 Å². The molecule has 0 saturated heterocycles. The Morgan fingerprint density at radius 2 is 2.05 bits per heavy atom. The minimum atomic E-state index is -0.750. The molecule has 4 N–H and O–H groups in total. The summed E-state index contributed by atoms with van der Waals surface area (Å²) in [6, 6.07) is 3.39. The zero-order valence-electron chi connectivity index (χ0n) is 12.3. The van der Waals surface area contributed by atoms with E-state index in [1.54, 1.807) is 18.3 Å². The summed E-state index contributed by atoms with van der Waals surface area (Å²) >= 11 is 0. The lowest BCUT2D eigenvalue weighted by molar-refractivity contribution is 0.0915. The molecule has 0 unspecified atom stereocenters. The fourth-order valence-electron chi connectivity index (χ4n) is 2.85. The van der Waals surface area contributed by atoms with Crippen LogP contribution in [-0.2, 0) is 0 Å². The Morgan fingerprint density at radius 1 is 1.38 bits per heavy atom. The predicted octanol–water partition coefficient (Wildman–Crippen LogP) is 1.96. The zero-order valence-corrected chi connectivity index (χ0v) is 12.3. The third kappa shape index (κ3) is 3.51. The second-order valence-electron chi connectivity index (χ2n) is 5.62. The van der Waals surface area contributed by atoms with Crippen LogP contribution in [0.3, 0.4) is 0 Å². The third-order valence-corrected chi connectivity index (χ3v) is 4.07. The molecule has 1 amide bonds. The van der Waals surface area contributed by atoms with Crippen molar-refractivity contribution in [1.82, 2.24) is 10.3 Å².